The van der Waals surface area contributed by atoms with Gasteiger partial charge in [0.05, 0.1) is 16.9 Å². The van der Waals surface area contributed by atoms with Crippen molar-refractivity contribution in [1.82, 2.24) is 4.98 Å². The SMILES string of the molecule is CCOc1ccc([N+](=O)[O-])c2cccnc12. The van der Waals surface area contributed by atoms with Gasteiger partial charge in [0.1, 0.15) is 11.3 Å². The van der Waals surface area contributed by atoms with Crippen molar-refractivity contribution in [1.29, 1.82) is 0 Å². The van der Waals surface area contributed by atoms with E-state index in [0.29, 0.717) is 23.3 Å². The minimum atomic E-state index is -0.417. The van der Waals surface area contributed by atoms with Gasteiger partial charge in [-0.15, -0.1) is 0 Å². The van der Waals surface area contributed by atoms with Crippen LogP contribution in [0, 0.1) is 10.1 Å². The lowest BCUT2D eigenvalue weighted by atomic mass is 10.1. The number of nitro benzene ring substituents is 1. The van der Waals surface area contributed by atoms with Crippen LogP contribution in [0.25, 0.3) is 10.9 Å². The standard InChI is InChI=1S/C11H10N2O3/c1-2-16-10-6-5-9(13(14)15)8-4-3-7-12-11(8)10/h3-7H,2H2,1H3. The molecule has 5 heteroatoms. The van der Waals surface area contributed by atoms with Crippen molar-refractivity contribution in [3.8, 4) is 5.75 Å². The second-order valence-electron chi connectivity index (χ2n) is 3.17. The minimum Gasteiger partial charge on any atom is -0.492 e. The fourth-order valence-electron chi connectivity index (χ4n) is 1.56. The molecule has 0 bridgehead atoms. The van der Waals surface area contributed by atoms with Gasteiger partial charge in [0.2, 0.25) is 0 Å². The lowest BCUT2D eigenvalue weighted by molar-refractivity contribution is -0.383. The second-order valence-corrected chi connectivity index (χ2v) is 3.17. The third kappa shape index (κ3) is 1.67. The molecule has 1 heterocycles. The Labute approximate surface area is 91.8 Å². The Balaban J connectivity index is 2.71. The number of hydrogen-bond acceptors (Lipinski definition) is 4. The smallest absolute Gasteiger partial charge is 0.279 e. The molecular weight excluding hydrogens is 208 g/mol. The second kappa shape index (κ2) is 4.14. The van der Waals surface area contributed by atoms with Gasteiger partial charge in [-0.2, -0.15) is 0 Å². The molecule has 0 unspecified atom stereocenters. The summed E-state index contributed by atoms with van der Waals surface area (Å²) in [6.07, 6.45) is 1.59. The van der Waals surface area contributed by atoms with Crippen molar-refractivity contribution in [3.63, 3.8) is 0 Å². The van der Waals surface area contributed by atoms with E-state index in [1.807, 2.05) is 6.92 Å². The fourth-order valence-corrected chi connectivity index (χ4v) is 1.56. The van der Waals surface area contributed by atoms with Crippen LogP contribution in [0.1, 0.15) is 6.92 Å². The molecule has 0 atom stereocenters. The zero-order valence-electron chi connectivity index (χ0n) is 8.71. The highest BCUT2D eigenvalue weighted by Crippen LogP contribution is 2.30. The zero-order valence-corrected chi connectivity index (χ0v) is 8.71. The Bertz CT molecular complexity index is 540. The van der Waals surface area contributed by atoms with Gasteiger partial charge in [-0.3, -0.25) is 15.1 Å². The van der Waals surface area contributed by atoms with Crippen LogP contribution in [0.2, 0.25) is 0 Å². The van der Waals surface area contributed by atoms with E-state index in [2.05, 4.69) is 4.98 Å². The molecule has 16 heavy (non-hydrogen) atoms. The predicted molar refractivity (Wildman–Crippen MR) is 59.6 cm³/mol. The number of nitro groups is 1. The number of hydrogen-bond donors (Lipinski definition) is 0. The maximum atomic E-state index is 10.8. The summed E-state index contributed by atoms with van der Waals surface area (Å²) < 4.78 is 5.37. The molecule has 0 fully saturated rings. The van der Waals surface area contributed by atoms with Crippen LogP contribution >= 0.6 is 0 Å². The molecule has 0 radical (unpaired) electrons. The first-order valence-electron chi connectivity index (χ1n) is 4.89. The highest BCUT2D eigenvalue weighted by atomic mass is 16.6. The third-order valence-corrected chi connectivity index (χ3v) is 2.21. The van der Waals surface area contributed by atoms with E-state index in [1.54, 1.807) is 24.4 Å². The Morgan fingerprint density at radius 3 is 2.94 bits per heavy atom. The van der Waals surface area contributed by atoms with E-state index in [0.717, 1.165) is 0 Å². The molecule has 2 rings (SSSR count). The summed E-state index contributed by atoms with van der Waals surface area (Å²) in [6.45, 7) is 2.36. The Morgan fingerprint density at radius 1 is 1.44 bits per heavy atom. The Kier molecular flexibility index (Phi) is 2.68. The van der Waals surface area contributed by atoms with Crippen LogP contribution in [0.3, 0.4) is 0 Å². The highest BCUT2D eigenvalue weighted by Gasteiger charge is 2.15. The number of rotatable bonds is 3. The molecule has 0 aliphatic rings. The molecule has 0 aliphatic carbocycles. The summed E-state index contributed by atoms with van der Waals surface area (Å²) in [5.74, 6) is 0.573. The highest BCUT2D eigenvalue weighted by molar-refractivity contribution is 5.92. The maximum absolute atomic E-state index is 10.8. The number of pyridine rings is 1. The third-order valence-electron chi connectivity index (χ3n) is 2.21. The summed E-state index contributed by atoms with van der Waals surface area (Å²) in [4.78, 5) is 14.5. The molecule has 0 spiro atoms. The first-order chi connectivity index (χ1) is 7.74. The minimum absolute atomic E-state index is 0.0477. The first kappa shape index (κ1) is 10.4. The molecule has 0 aliphatic heterocycles. The lowest BCUT2D eigenvalue weighted by Crippen LogP contribution is -1.96. The van der Waals surface area contributed by atoms with E-state index in [4.69, 9.17) is 4.74 Å². The lowest BCUT2D eigenvalue weighted by Gasteiger charge is -2.06. The molecule has 5 nitrogen and oxygen atoms in total. The van der Waals surface area contributed by atoms with Gasteiger partial charge < -0.3 is 4.74 Å². The monoisotopic (exact) mass is 218 g/mol. The number of benzene rings is 1. The molecular formula is C11H10N2O3. The van der Waals surface area contributed by atoms with Crippen LogP contribution in [-0.2, 0) is 0 Å². The first-order valence-corrected chi connectivity index (χ1v) is 4.89. The van der Waals surface area contributed by atoms with E-state index in [-0.39, 0.29) is 5.69 Å². The van der Waals surface area contributed by atoms with E-state index < -0.39 is 4.92 Å². The number of ether oxygens (including phenoxy) is 1. The van der Waals surface area contributed by atoms with E-state index >= 15 is 0 Å². The molecule has 0 amide bonds. The number of fused-ring (bicyclic) bond motifs is 1. The molecule has 2 aromatic rings. The van der Waals surface area contributed by atoms with Gasteiger partial charge in [-0.1, -0.05) is 0 Å². The summed E-state index contributed by atoms with van der Waals surface area (Å²) in [5, 5.41) is 11.3. The average molecular weight is 218 g/mol. The molecule has 82 valence electrons. The number of nitrogens with zero attached hydrogens (tertiary/aromatic N) is 2. The van der Waals surface area contributed by atoms with E-state index in [1.165, 1.54) is 6.07 Å². The topological polar surface area (TPSA) is 65.3 Å². The van der Waals surface area contributed by atoms with Crippen molar-refractivity contribution in [2.75, 3.05) is 6.61 Å². The number of non-ortho nitro benzene ring substituents is 1. The van der Waals surface area contributed by atoms with Crippen LogP contribution in [0.15, 0.2) is 30.5 Å². The average Bonchev–Trinajstić information content (AvgIpc) is 2.29. The molecule has 0 saturated carbocycles. The van der Waals surface area contributed by atoms with Gasteiger partial charge in [-0.25, -0.2) is 0 Å². The van der Waals surface area contributed by atoms with Gasteiger partial charge in [0, 0.05) is 12.3 Å². The summed E-state index contributed by atoms with van der Waals surface area (Å²) >= 11 is 0. The van der Waals surface area contributed by atoms with Crippen molar-refractivity contribution in [3.05, 3.63) is 40.6 Å². The Hall–Kier alpha value is -2.17. The van der Waals surface area contributed by atoms with Crippen LogP contribution < -0.4 is 4.74 Å². The largest absolute Gasteiger partial charge is 0.492 e. The fraction of sp³-hybridized carbons (Fsp3) is 0.182. The van der Waals surface area contributed by atoms with Crippen LogP contribution in [-0.4, -0.2) is 16.5 Å². The van der Waals surface area contributed by atoms with Crippen molar-refractivity contribution in [2.45, 2.75) is 6.92 Å². The maximum Gasteiger partial charge on any atom is 0.279 e. The predicted octanol–water partition coefficient (Wildman–Crippen LogP) is 2.54. The zero-order chi connectivity index (χ0) is 11.5. The van der Waals surface area contributed by atoms with Gasteiger partial charge >= 0.3 is 0 Å². The molecule has 1 aromatic heterocycles. The molecule has 1 aromatic carbocycles. The summed E-state index contributed by atoms with van der Waals surface area (Å²) in [6, 6.07) is 6.36. The quantitative estimate of drug-likeness (QED) is 0.586. The van der Waals surface area contributed by atoms with Crippen molar-refractivity contribution >= 4 is 16.6 Å². The van der Waals surface area contributed by atoms with Crippen molar-refractivity contribution in [2.24, 2.45) is 0 Å². The van der Waals surface area contributed by atoms with Crippen LogP contribution in [0.5, 0.6) is 5.75 Å². The van der Waals surface area contributed by atoms with Crippen LogP contribution in [0.4, 0.5) is 5.69 Å². The molecule has 0 saturated heterocycles. The van der Waals surface area contributed by atoms with Gasteiger partial charge in [0.15, 0.2) is 0 Å². The summed E-state index contributed by atoms with van der Waals surface area (Å²) in [7, 11) is 0. The van der Waals surface area contributed by atoms with E-state index in [9.17, 15) is 10.1 Å². The van der Waals surface area contributed by atoms with Crippen molar-refractivity contribution < 1.29 is 9.66 Å². The number of aromatic nitrogens is 1. The molecule has 0 N–H and O–H groups in total. The summed E-state index contributed by atoms with van der Waals surface area (Å²) in [5.41, 5.74) is 0.574. The normalized spacial score (nSPS) is 10.3. The van der Waals surface area contributed by atoms with Gasteiger partial charge in [-0.05, 0) is 25.1 Å². The van der Waals surface area contributed by atoms with Gasteiger partial charge in [0.25, 0.3) is 5.69 Å². The Morgan fingerprint density at radius 2 is 2.25 bits per heavy atom.